The molecule has 0 aliphatic carbocycles. The molecule has 2 heterocycles. The highest BCUT2D eigenvalue weighted by Crippen LogP contribution is 2.38. The van der Waals surface area contributed by atoms with Crippen LogP contribution in [-0.4, -0.2) is 27.5 Å². The molecule has 0 unspecified atom stereocenters. The second-order valence-corrected chi connectivity index (χ2v) is 5.34. The van der Waals surface area contributed by atoms with E-state index in [1.165, 1.54) is 29.5 Å². The lowest BCUT2D eigenvalue weighted by Crippen LogP contribution is -2.37. The maximum atomic E-state index is 12.7. The van der Waals surface area contributed by atoms with Crippen LogP contribution in [0.2, 0.25) is 0 Å². The fourth-order valence-corrected chi connectivity index (χ4v) is 2.60. The predicted octanol–water partition coefficient (Wildman–Crippen LogP) is 3.17. The first-order valence-corrected chi connectivity index (χ1v) is 7.30. The molecule has 0 bridgehead atoms. The number of hydrogen-bond acceptors (Lipinski definition) is 4. The van der Waals surface area contributed by atoms with Gasteiger partial charge in [0.05, 0.1) is 18.3 Å². The fourth-order valence-electron chi connectivity index (χ4n) is 2.60. The van der Waals surface area contributed by atoms with Gasteiger partial charge in [0.25, 0.3) is 0 Å². The lowest BCUT2D eigenvalue weighted by Gasteiger charge is -2.28. The van der Waals surface area contributed by atoms with E-state index < -0.39 is 17.7 Å². The van der Waals surface area contributed by atoms with E-state index in [0.717, 1.165) is 25.0 Å². The van der Waals surface area contributed by atoms with Crippen LogP contribution in [0.3, 0.4) is 0 Å². The van der Waals surface area contributed by atoms with E-state index >= 15 is 0 Å². The molecule has 3 rings (SSSR count). The van der Waals surface area contributed by atoms with E-state index in [2.05, 4.69) is 10.1 Å². The van der Waals surface area contributed by atoms with Gasteiger partial charge in [0.2, 0.25) is 0 Å². The van der Waals surface area contributed by atoms with Gasteiger partial charge in [-0.15, -0.1) is 0 Å². The van der Waals surface area contributed by atoms with Crippen molar-refractivity contribution < 1.29 is 22.6 Å². The Kier molecular flexibility index (Phi) is 4.11. The summed E-state index contributed by atoms with van der Waals surface area (Å²) >= 11 is 0. The SMILES string of the molecule is CCC[C@@H]1CO[C@@](c2ccc(C(F)(F)F)cc2)(n2cncn2)O1. The number of halogens is 3. The van der Waals surface area contributed by atoms with Crippen LogP contribution in [0.15, 0.2) is 36.9 Å². The lowest BCUT2D eigenvalue weighted by molar-refractivity contribution is -0.206. The molecule has 0 saturated carbocycles. The molecule has 0 N–H and O–H groups in total. The smallest absolute Gasteiger partial charge is 0.325 e. The number of nitrogens with zero attached hydrogens (tertiary/aromatic N) is 3. The van der Waals surface area contributed by atoms with Gasteiger partial charge < -0.3 is 9.47 Å². The van der Waals surface area contributed by atoms with Gasteiger partial charge >= 0.3 is 12.1 Å². The standard InChI is InChI=1S/C15H16F3N3O2/c1-2-3-13-8-22-15(23-13,21-10-19-9-20-21)12-6-4-11(5-7-12)14(16,17)18/h4-7,9-10,13H,2-3,8H2,1H3/t13-,15-/m1/s1. The quantitative estimate of drug-likeness (QED) is 0.865. The average molecular weight is 327 g/mol. The fraction of sp³-hybridized carbons (Fsp3) is 0.467. The summed E-state index contributed by atoms with van der Waals surface area (Å²) < 4.78 is 51.4. The Bertz CT molecular complexity index is 643. The Morgan fingerprint density at radius 2 is 2.04 bits per heavy atom. The topological polar surface area (TPSA) is 49.2 Å². The third-order valence-electron chi connectivity index (χ3n) is 3.70. The van der Waals surface area contributed by atoms with Gasteiger partial charge in [-0.3, -0.25) is 0 Å². The zero-order chi connectivity index (χ0) is 16.5. The van der Waals surface area contributed by atoms with E-state index in [0.29, 0.717) is 12.2 Å². The number of benzene rings is 1. The van der Waals surface area contributed by atoms with Crippen molar-refractivity contribution in [2.45, 2.75) is 38.0 Å². The van der Waals surface area contributed by atoms with E-state index in [1.807, 2.05) is 6.92 Å². The molecule has 2 atom stereocenters. The van der Waals surface area contributed by atoms with E-state index in [9.17, 15) is 13.2 Å². The highest BCUT2D eigenvalue weighted by atomic mass is 19.4. The monoisotopic (exact) mass is 327 g/mol. The van der Waals surface area contributed by atoms with Crippen molar-refractivity contribution in [2.24, 2.45) is 0 Å². The first kappa shape index (κ1) is 15.9. The van der Waals surface area contributed by atoms with Crippen molar-refractivity contribution in [3.8, 4) is 0 Å². The molecule has 2 aromatic rings. The van der Waals surface area contributed by atoms with Crippen molar-refractivity contribution in [1.82, 2.24) is 14.8 Å². The third-order valence-corrected chi connectivity index (χ3v) is 3.70. The third kappa shape index (κ3) is 2.96. The van der Waals surface area contributed by atoms with Gasteiger partial charge in [-0.25, -0.2) is 4.98 Å². The highest BCUT2D eigenvalue weighted by Gasteiger charge is 2.46. The van der Waals surface area contributed by atoms with Gasteiger partial charge in [-0.2, -0.15) is 23.0 Å². The summed E-state index contributed by atoms with van der Waals surface area (Å²) in [6.45, 7) is 2.37. The minimum absolute atomic E-state index is 0.147. The van der Waals surface area contributed by atoms with E-state index in [4.69, 9.17) is 9.47 Å². The van der Waals surface area contributed by atoms with Crippen LogP contribution >= 0.6 is 0 Å². The molecule has 1 fully saturated rings. The summed E-state index contributed by atoms with van der Waals surface area (Å²) in [4.78, 5) is 3.88. The predicted molar refractivity (Wildman–Crippen MR) is 74.3 cm³/mol. The van der Waals surface area contributed by atoms with Gasteiger partial charge in [-0.1, -0.05) is 25.5 Å². The zero-order valence-corrected chi connectivity index (χ0v) is 12.5. The molecule has 1 aromatic carbocycles. The second-order valence-electron chi connectivity index (χ2n) is 5.34. The maximum Gasteiger partial charge on any atom is 0.416 e. The Labute approximate surface area is 131 Å². The summed E-state index contributed by atoms with van der Waals surface area (Å²) in [7, 11) is 0. The normalized spacial score (nSPS) is 25.0. The summed E-state index contributed by atoms with van der Waals surface area (Å²) in [5.41, 5.74) is -0.285. The molecule has 0 amide bonds. The Morgan fingerprint density at radius 1 is 1.30 bits per heavy atom. The lowest BCUT2D eigenvalue weighted by atomic mass is 10.1. The molecular weight excluding hydrogens is 311 g/mol. The molecule has 1 saturated heterocycles. The summed E-state index contributed by atoms with van der Waals surface area (Å²) in [5, 5.41) is 4.05. The first-order valence-electron chi connectivity index (χ1n) is 7.30. The van der Waals surface area contributed by atoms with Crippen LogP contribution in [0, 0.1) is 0 Å². The maximum absolute atomic E-state index is 12.7. The van der Waals surface area contributed by atoms with Crippen molar-refractivity contribution in [1.29, 1.82) is 0 Å². The van der Waals surface area contributed by atoms with Crippen LogP contribution in [0.1, 0.15) is 30.9 Å². The van der Waals surface area contributed by atoms with Crippen LogP contribution < -0.4 is 0 Å². The largest absolute Gasteiger partial charge is 0.416 e. The summed E-state index contributed by atoms with van der Waals surface area (Å²) in [5.74, 6) is -1.37. The minimum Gasteiger partial charge on any atom is -0.325 e. The molecule has 5 nitrogen and oxygen atoms in total. The molecule has 23 heavy (non-hydrogen) atoms. The minimum atomic E-state index is -4.39. The van der Waals surface area contributed by atoms with Crippen LogP contribution in [0.5, 0.6) is 0 Å². The van der Waals surface area contributed by atoms with E-state index in [-0.39, 0.29) is 6.10 Å². The van der Waals surface area contributed by atoms with Crippen LogP contribution in [0.4, 0.5) is 13.2 Å². The molecular formula is C15H16F3N3O2. The van der Waals surface area contributed by atoms with E-state index in [1.54, 1.807) is 0 Å². The van der Waals surface area contributed by atoms with Gasteiger partial charge in [0, 0.05) is 5.56 Å². The van der Waals surface area contributed by atoms with Gasteiger partial charge in [0.15, 0.2) is 0 Å². The zero-order valence-electron chi connectivity index (χ0n) is 12.5. The molecule has 0 radical (unpaired) electrons. The van der Waals surface area contributed by atoms with Gasteiger partial charge in [-0.05, 0) is 18.6 Å². The molecule has 124 valence electrons. The number of aromatic nitrogens is 3. The van der Waals surface area contributed by atoms with Crippen molar-refractivity contribution in [3.63, 3.8) is 0 Å². The first-order chi connectivity index (χ1) is 11.0. The molecule has 1 aliphatic rings. The Balaban J connectivity index is 1.97. The number of hydrogen-bond donors (Lipinski definition) is 0. The highest BCUT2D eigenvalue weighted by molar-refractivity contribution is 5.28. The number of rotatable bonds is 4. The van der Waals surface area contributed by atoms with Crippen LogP contribution in [0.25, 0.3) is 0 Å². The second kappa shape index (κ2) is 5.93. The van der Waals surface area contributed by atoms with Crippen molar-refractivity contribution >= 4 is 0 Å². The van der Waals surface area contributed by atoms with Gasteiger partial charge in [0.1, 0.15) is 12.7 Å². The Morgan fingerprint density at radius 3 is 2.61 bits per heavy atom. The number of alkyl halides is 3. The van der Waals surface area contributed by atoms with Crippen molar-refractivity contribution in [3.05, 3.63) is 48.0 Å². The summed E-state index contributed by atoms with van der Waals surface area (Å²) in [6, 6.07) is 4.71. The molecule has 8 heteroatoms. The molecule has 1 aliphatic heterocycles. The van der Waals surface area contributed by atoms with Crippen molar-refractivity contribution in [2.75, 3.05) is 6.61 Å². The Hall–Kier alpha value is -1.93. The molecule has 1 aromatic heterocycles. The average Bonchev–Trinajstić information content (AvgIpc) is 3.17. The molecule has 0 spiro atoms. The van der Waals surface area contributed by atoms with Crippen LogP contribution in [-0.2, 0) is 21.6 Å². The number of ether oxygens (including phenoxy) is 2. The summed E-state index contributed by atoms with van der Waals surface area (Å²) in [6.07, 6.45) is -0.0869.